The van der Waals surface area contributed by atoms with Gasteiger partial charge < -0.3 is 9.40 Å². The zero-order valence-electron chi connectivity index (χ0n) is 8.65. The zero-order chi connectivity index (χ0) is 10.8. The molecule has 3 nitrogen and oxygen atoms in total. The van der Waals surface area contributed by atoms with Gasteiger partial charge in [0.25, 0.3) is 0 Å². The third kappa shape index (κ3) is 2.15. The molecular formula is C11H12N2OS. The highest BCUT2D eigenvalue weighted by molar-refractivity contribution is 7.71. The summed E-state index contributed by atoms with van der Waals surface area (Å²) in [7, 11) is 0. The molecule has 2 aromatic rings. The number of H-pyrrole nitrogens is 1. The molecule has 2 heterocycles. The minimum atomic E-state index is 0.403. The van der Waals surface area contributed by atoms with Crippen LogP contribution in [0.1, 0.15) is 25.5 Å². The predicted octanol–water partition coefficient (Wildman–Crippen LogP) is 3.52. The van der Waals surface area contributed by atoms with Crippen LogP contribution in [0.2, 0.25) is 0 Å². The molecule has 0 saturated carbocycles. The van der Waals surface area contributed by atoms with E-state index in [0.717, 1.165) is 17.1 Å². The summed E-state index contributed by atoms with van der Waals surface area (Å²) in [5, 5.41) is 0. The maximum atomic E-state index is 5.12. The summed E-state index contributed by atoms with van der Waals surface area (Å²) in [4.78, 5) is 7.51. The first-order chi connectivity index (χ1) is 7.16. The van der Waals surface area contributed by atoms with Gasteiger partial charge in [-0.05, 0) is 18.1 Å². The highest BCUT2D eigenvalue weighted by Gasteiger charge is 2.05. The Morgan fingerprint density at radius 1 is 1.47 bits per heavy atom. The van der Waals surface area contributed by atoms with Crippen molar-refractivity contribution in [2.24, 2.45) is 0 Å². The van der Waals surface area contributed by atoms with Gasteiger partial charge in [-0.1, -0.05) is 26.1 Å². The summed E-state index contributed by atoms with van der Waals surface area (Å²) in [6.45, 7) is 4.22. The van der Waals surface area contributed by atoms with E-state index in [0.29, 0.717) is 10.6 Å². The fourth-order valence-electron chi connectivity index (χ4n) is 1.32. The lowest BCUT2D eigenvalue weighted by Crippen LogP contribution is -1.97. The summed E-state index contributed by atoms with van der Waals surface area (Å²) >= 11 is 5.12. The van der Waals surface area contributed by atoms with Gasteiger partial charge >= 0.3 is 0 Å². The fraction of sp³-hybridized carbons (Fsp3) is 0.273. The lowest BCUT2D eigenvalue weighted by atomic mass is 10.1. The summed E-state index contributed by atoms with van der Waals surface area (Å²) in [5.41, 5.74) is 2.01. The second-order valence-corrected chi connectivity index (χ2v) is 4.11. The lowest BCUT2D eigenvalue weighted by Gasteiger charge is -2.07. The van der Waals surface area contributed by atoms with Crippen molar-refractivity contribution >= 4 is 12.2 Å². The number of hydrogen-bond donors (Lipinski definition) is 1. The normalized spacial score (nSPS) is 10.9. The van der Waals surface area contributed by atoms with Gasteiger partial charge in [-0.3, -0.25) is 0 Å². The monoisotopic (exact) mass is 220 g/mol. The molecule has 0 saturated heterocycles. The van der Waals surface area contributed by atoms with Gasteiger partial charge in [0.1, 0.15) is 16.7 Å². The Balaban J connectivity index is 2.54. The lowest BCUT2D eigenvalue weighted by molar-refractivity contribution is 0.568. The van der Waals surface area contributed by atoms with E-state index < -0.39 is 0 Å². The van der Waals surface area contributed by atoms with Crippen LogP contribution in [-0.2, 0) is 0 Å². The minimum absolute atomic E-state index is 0.403. The molecule has 0 aliphatic carbocycles. The summed E-state index contributed by atoms with van der Waals surface area (Å²) in [5.74, 6) is 1.17. The largest absolute Gasteiger partial charge is 0.472 e. The molecule has 1 N–H and O–H groups in total. The SMILES string of the molecule is CC(C)c1cc(=S)nc(-c2ccoc2)[nH]1. The molecule has 0 spiro atoms. The smallest absolute Gasteiger partial charge is 0.142 e. The Morgan fingerprint density at radius 2 is 2.27 bits per heavy atom. The highest BCUT2D eigenvalue weighted by Crippen LogP contribution is 2.18. The molecule has 2 aromatic heterocycles. The number of aromatic nitrogens is 2. The van der Waals surface area contributed by atoms with E-state index in [9.17, 15) is 0 Å². The van der Waals surface area contributed by atoms with Crippen LogP contribution < -0.4 is 0 Å². The number of hydrogen-bond acceptors (Lipinski definition) is 3. The van der Waals surface area contributed by atoms with Crippen LogP contribution >= 0.6 is 12.2 Å². The quantitative estimate of drug-likeness (QED) is 0.787. The first-order valence-electron chi connectivity index (χ1n) is 4.80. The van der Waals surface area contributed by atoms with Crippen molar-refractivity contribution in [2.75, 3.05) is 0 Å². The topological polar surface area (TPSA) is 41.8 Å². The third-order valence-corrected chi connectivity index (χ3v) is 2.39. The van der Waals surface area contributed by atoms with Crippen LogP contribution in [0.4, 0.5) is 0 Å². The van der Waals surface area contributed by atoms with E-state index in [1.807, 2.05) is 12.1 Å². The Morgan fingerprint density at radius 3 is 2.87 bits per heavy atom. The maximum Gasteiger partial charge on any atom is 0.142 e. The second-order valence-electron chi connectivity index (χ2n) is 3.69. The van der Waals surface area contributed by atoms with Crippen LogP contribution in [0.15, 0.2) is 29.1 Å². The van der Waals surface area contributed by atoms with Gasteiger partial charge in [-0.25, -0.2) is 4.98 Å². The van der Waals surface area contributed by atoms with Crippen LogP contribution in [0, 0.1) is 4.64 Å². The van der Waals surface area contributed by atoms with E-state index in [4.69, 9.17) is 16.6 Å². The molecule has 0 aliphatic rings. The van der Waals surface area contributed by atoms with Gasteiger partial charge in [0.05, 0.1) is 11.8 Å². The fourth-order valence-corrected chi connectivity index (χ4v) is 1.54. The summed E-state index contributed by atoms with van der Waals surface area (Å²) in [6.07, 6.45) is 3.27. The molecule has 2 rings (SSSR count). The number of rotatable bonds is 2. The van der Waals surface area contributed by atoms with Gasteiger partial charge in [0, 0.05) is 5.69 Å². The third-order valence-electron chi connectivity index (χ3n) is 2.18. The molecular weight excluding hydrogens is 208 g/mol. The van der Waals surface area contributed by atoms with Crippen molar-refractivity contribution in [2.45, 2.75) is 19.8 Å². The van der Waals surface area contributed by atoms with E-state index in [1.165, 1.54) is 0 Å². The molecule has 0 fully saturated rings. The standard InChI is InChI=1S/C11H12N2OS/c1-7(2)9-5-10(15)13-11(12-9)8-3-4-14-6-8/h3-7H,1-2H3,(H,12,13,15). The maximum absolute atomic E-state index is 5.12. The molecule has 0 aliphatic heterocycles. The Labute approximate surface area is 93.2 Å². The number of aromatic amines is 1. The molecule has 0 unspecified atom stereocenters. The van der Waals surface area contributed by atoms with Crippen molar-refractivity contribution < 1.29 is 4.42 Å². The molecule has 0 aromatic carbocycles. The molecule has 0 amide bonds. The van der Waals surface area contributed by atoms with Gasteiger partial charge in [-0.15, -0.1) is 0 Å². The molecule has 4 heteroatoms. The van der Waals surface area contributed by atoms with Crippen LogP contribution in [0.5, 0.6) is 0 Å². The zero-order valence-corrected chi connectivity index (χ0v) is 9.47. The average molecular weight is 220 g/mol. The number of nitrogens with zero attached hydrogens (tertiary/aromatic N) is 1. The van der Waals surface area contributed by atoms with E-state index >= 15 is 0 Å². The van der Waals surface area contributed by atoms with E-state index in [-0.39, 0.29) is 0 Å². The van der Waals surface area contributed by atoms with E-state index in [2.05, 4.69) is 23.8 Å². The Kier molecular flexibility index (Phi) is 2.68. The van der Waals surface area contributed by atoms with Gasteiger partial charge in [0.15, 0.2) is 0 Å². The van der Waals surface area contributed by atoms with Crippen molar-refractivity contribution in [1.29, 1.82) is 0 Å². The first kappa shape index (κ1) is 10.1. The van der Waals surface area contributed by atoms with Gasteiger partial charge in [-0.2, -0.15) is 0 Å². The average Bonchev–Trinajstić information content (AvgIpc) is 2.69. The molecule has 0 radical (unpaired) electrons. The van der Waals surface area contributed by atoms with Crippen LogP contribution in [0.3, 0.4) is 0 Å². The van der Waals surface area contributed by atoms with Crippen LogP contribution in [0.25, 0.3) is 11.4 Å². The van der Waals surface area contributed by atoms with Crippen molar-refractivity contribution in [3.05, 3.63) is 35.0 Å². The van der Waals surface area contributed by atoms with Crippen LogP contribution in [-0.4, -0.2) is 9.97 Å². The molecule has 0 bridgehead atoms. The predicted molar refractivity (Wildman–Crippen MR) is 61.2 cm³/mol. The summed E-state index contributed by atoms with van der Waals surface area (Å²) < 4.78 is 5.62. The second kappa shape index (κ2) is 3.98. The molecule has 78 valence electrons. The Hall–Kier alpha value is -1.42. The summed E-state index contributed by atoms with van der Waals surface area (Å²) in [6, 6.07) is 3.75. The highest BCUT2D eigenvalue weighted by atomic mass is 32.1. The number of nitrogens with one attached hydrogen (secondary N) is 1. The van der Waals surface area contributed by atoms with Crippen molar-refractivity contribution in [3.8, 4) is 11.4 Å². The van der Waals surface area contributed by atoms with Gasteiger partial charge in [0.2, 0.25) is 0 Å². The Bertz CT molecular complexity index is 500. The minimum Gasteiger partial charge on any atom is -0.472 e. The van der Waals surface area contributed by atoms with E-state index in [1.54, 1.807) is 12.5 Å². The van der Waals surface area contributed by atoms with Crippen molar-refractivity contribution in [1.82, 2.24) is 9.97 Å². The first-order valence-corrected chi connectivity index (χ1v) is 5.21. The molecule has 15 heavy (non-hydrogen) atoms. The molecule has 0 atom stereocenters. The number of furan rings is 1. The van der Waals surface area contributed by atoms with Crippen molar-refractivity contribution in [3.63, 3.8) is 0 Å².